The van der Waals surface area contributed by atoms with E-state index in [0.717, 1.165) is 11.4 Å². The first kappa shape index (κ1) is 27.6. The van der Waals surface area contributed by atoms with Crippen molar-refractivity contribution in [1.82, 2.24) is 0 Å². The van der Waals surface area contributed by atoms with E-state index in [-0.39, 0.29) is 5.92 Å². The molecule has 1 unspecified atom stereocenters. The van der Waals surface area contributed by atoms with Gasteiger partial charge in [0.25, 0.3) is 0 Å². The molecule has 8 aromatic carbocycles. The summed E-state index contributed by atoms with van der Waals surface area (Å²) in [5.41, 5.74) is 9.75. The molecule has 0 radical (unpaired) electrons. The number of hydrogen-bond donors (Lipinski definition) is 0. The lowest BCUT2D eigenvalue weighted by Gasteiger charge is -2.27. The summed E-state index contributed by atoms with van der Waals surface area (Å²) >= 11 is 0. The van der Waals surface area contributed by atoms with E-state index in [2.05, 4.69) is 199 Å². The Labute approximate surface area is 270 Å². The number of benzene rings is 8. The van der Waals surface area contributed by atoms with Crippen LogP contribution in [0.3, 0.4) is 0 Å². The van der Waals surface area contributed by atoms with Crippen LogP contribution in [0, 0.1) is 0 Å². The molecule has 218 valence electrons. The molecule has 0 bridgehead atoms. The van der Waals surface area contributed by atoms with Crippen LogP contribution in [-0.4, -0.2) is 0 Å². The topological polar surface area (TPSA) is 3.24 Å². The van der Waals surface area contributed by atoms with Gasteiger partial charge >= 0.3 is 0 Å². The molecule has 8 rings (SSSR count). The van der Waals surface area contributed by atoms with Crippen LogP contribution < -0.4 is 4.90 Å². The molecule has 0 aliphatic rings. The molecule has 0 heterocycles. The number of nitrogens with zero attached hydrogens (tertiary/aromatic N) is 1. The first-order valence-corrected chi connectivity index (χ1v) is 15.9. The van der Waals surface area contributed by atoms with E-state index in [0.29, 0.717) is 0 Å². The zero-order valence-corrected chi connectivity index (χ0v) is 25.5. The van der Waals surface area contributed by atoms with Crippen LogP contribution in [0.2, 0.25) is 0 Å². The Morgan fingerprint density at radius 2 is 0.804 bits per heavy atom. The molecular formula is C45H33N. The fourth-order valence-corrected chi connectivity index (χ4v) is 6.78. The number of fused-ring (bicyclic) bond motifs is 2. The van der Waals surface area contributed by atoms with Crippen molar-refractivity contribution in [2.75, 3.05) is 4.90 Å². The number of hydrogen-bond acceptors (Lipinski definition) is 1. The van der Waals surface area contributed by atoms with Gasteiger partial charge in [0.05, 0.1) is 5.69 Å². The van der Waals surface area contributed by atoms with E-state index in [1.54, 1.807) is 0 Å². The highest BCUT2D eigenvalue weighted by Crippen LogP contribution is 2.40. The van der Waals surface area contributed by atoms with Crippen molar-refractivity contribution in [1.29, 1.82) is 0 Å². The van der Waals surface area contributed by atoms with E-state index in [4.69, 9.17) is 0 Å². The minimum atomic E-state index is 0.142. The molecule has 1 atom stereocenters. The Morgan fingerprint density at radius 1 is 0.326 bits per heavy atom. The fourth-order valence-electron chi connectivity index (χ4n) is 6.78. The van der Waals surface area contributed by atoms with Gasteiger partial charge in [-0.25, -0.2) is 0 Å². The van der Waals surface area contributed by atoms with E-state index < -0.39 is 0 Å². The predicted octanol–water partition coefficient (Wildman–Crippen LogP) is 12.3. The second kappa shape index (κ2) is 12.2. The summed E-state index contributed by atoms with van der Waals surface area (Å²) in [7, 11) is 0. The quantitative estimate of drug-likeness (QED) is 0.168. The smallest absolute Gasteiger partial charge is 0.0540 e. The van der Waals surface area contributed by atoms with Crippen molar-refractivity contribution < 1.29 is 0 Å². The normalized spacial score (nSPS) is 11.8. The lowest BCUT2D eigenvalue weighted by molar-refractivity contribution is 0.989. The van der Waals surface area contributed by atoms with Gasteiger partial charge in [-0.3, -0.25) is 0 Å². The molecule has 1 nitrogen and oxygen atoms in total. The van der Waals surface area contributed by atoms with Gasteiger partial charge < -0.3 is 4.90 Å². The van der Waals surface area contributed by atoms with Crippen LogP contribution in [-0.2, 0) is 0 Å². The van der Waals surface area contributed by atoms with E-state index in [1.165, 1.54) is 55.0 Å². The third-order valence-electron chi connectivity index (χ3n) is 8.99. The Balaban J connectivity index is 1.16. The Morgan fingerprint density at radius 3 is 1.50 bits per heavy atom. The van der Waals surface area contributed by atoms with Gasteiger partial charge in [-0.2, -0.15) is 0 Å². The van der Waals surface area contributed by atoms with E-state index in [9.17, 15) is 0 Å². The summed E-state index contributed by atoms with van der Waals surface area (Å²) in [4.78, 5) is 2.35. The third kappa shape index (κ3) is 5.23. The van der Waals surface area contributed by atoms with E-state index in [1.807, 2.05) is 0 Å². The summed E-state index contributed by atoms with van der Waals surface area (Å²) in [5, 5.41) is 5.03. The molecule has 0 N–H and O–H groups in total. The van der Waals surface area contributed by atoms with Gasteiger partial charge in [0.1, 0.15) is 0 Å². The Kier molecular flexibility index (Phi) is 7.34. The van der Waals surface area contributed by atoms with Gasteiger partial charge in [0, 0.05) is 22.7 Å². The summed E-state index contributed by atoms with van der Waals surface area (Å²) in [6.07, 6.45) is 0. The van der Waals surface area contributed by atoms with Crippen LogP contribution in [0.5, 0.6) is 0 Å². The standard InChI is InChI=1S/C45H33N/c1-3-15-37(16-4-1)45(43-23-11-17-35-13-7-9-21-41(35)43)38-27-25-33(26-28-38)34-29-31-40(32-30-34)46(39-19-5-2-6-20-39)44-24-12-18-36-14-8-10-22-42(36)44/h1-32,45H. The Bertz CT molecular complexity index is 2060. The SMILES string of the molecule is c1ccc(C(c2ccc(-c3ccc(N(c4ccccc4)c4cccc5ccccc45)cc3)cc2)c2cccc3ccccc23)cc1. The molecule has 8 aromatic rings. The summed E-state index contributed by atoms with van der Waals surface area (Å²) < 4.78 is 0. The van der Waals surface area contributed by atoms with E-state index >= 15 is 0 Å². The van der Waals surface area contributed by atoms with Crippen LogP contribution in [0.25, 0.3) is 32.7 Å². The molecule has 0 fully saturated rings. The molecule has 0 saturated heterocycles. The number of rotatable bonds is 7. The van der Waals surface area contributed by atoms with Crippen molar-refractivity contribution in [2.24, 2.45) is 0 Å². The van der Waals surface area contributed by atoms with Gasteiger partial charge in [0.15, 0.2) is 0 Å². The lowest BCUT2D eigenvalue weighted by atomic mass is 9.82. The molecule has 0 aromatic heterocycles. The maximum absolute atomic E-state index is 2.35. The average molecular weight is 588 g/mol. The van der Waals surface area contributed by atoms with Crippen LogP contribution in [0.15, 0.2) is 194 Å². The van der Waals surface area contributed by atoms with Crippen molar-refractivity contribution >= 4 is 38.6 Å². The van der Waals surface area contributed by atoms with Crippen LogP contribution in [0.1, 0.15) is 22.6 Å². The zero-order valence-electron chi connectivity index (χ0n) is 25.5. The third-order valence-corrected chi connectivity index (χ3v) is 8.99. The largest absolute Gasteiger partial charge is 0.310 e. The van der Waals surface area contributed by atoms with Crippen LogP contribution >= 0.6 is 0 Å². The molecule has 0 aliphatic carbocycles. The highest BCUT2D eigenvalue weighted by Gasteiger charge is 2.19. The zero-order chi connectivity index (χ0) is 30.7. The number of anilines is 3. The minimum absolute atomic E-state index is 0.142. The van der Waals surface area contributed by atoms with Gasteiger partial charge in [-0.05, 0) is 74.3 Å². The van der Waals surface area contributed by atoms with Crippen molar-refractivity contribution in [3.05, 3.63) is 211 Å². The molecule has 1 heteroatoms. The van der Waals surface area contributed by atoms with Crippen molar-refractivity contribution in [2.45, 2.75) is 5.92 Å². The maximum atomic E-state index is 2.35. The molecule has 0 amide bonds. The average Bonchev–Trinajstić information content (AvgIpc) is 3.14. The summed E-state index contributed by atoms with van der Waals surface area (Å²) in [6.45, 7) is 0. The Hall–Kier alpha value is -5.92. The second-order valence-electron chi connectivity index (χ2n) is 11.8. The monoisotopic (exact) mass is 587 g/mol. The second-order valence-corrected chi connectivity index (χ2v) is 11.8. The summed E-state index contributed by atoms with van der Waals surface area (Å²) in [6, 6.07) is 70.1. The first-order valence-electron chi connectivity index (χ1n) is 15.9. The highest BCUT2D eigenvalue weighted by molar-refractivity contribution is 5.99. The fraction of sp³-hybridized carbons (Fsp3) is 0.0222. The molecule has 0 aliphatic heterocycles. The minimum Gasteiger partial charge on any atom is -0.310 e. The first-order chi connectivity index (χ1) is 22.8. The summed E-state index contributed by atoms with van der Waals surface area (Å²) in [5.74, 6) is 0.142. The number of para-hydroxylation sites is 1. The molecule has 46 heavy (non-hydrogen) atoms. The van der Waals surface area contributed by atoms with Gasteiger partial charge in [-0.15, -0.1) is 0 Å². The predicted molar refractivity (Wildman–Crippen MR) is 195 cm³/mol. The van der Waals surface area contributed by atoms with Crippen molar-refractivity contribution in [3.8, 4) is 11.1 Å². The highest BCUT2D eigenvalue weighted by atomic mass is 15.1. The van der Waals surface area contributed by atoms with Crippen molar-refractivity contribution in [3.63, 3.8) is 0 Å². The van der Waals surface area contributed by atoms with Crippen LogP contribution in [0.4, 0.5) is 17.1 Å². The lowest BCUT2D eigenvalue weighted by Crippen LogP contribution is -2.10. The van der Waals surface area contributed by atoms with Gasteiger partial charge in [-0.1, -0.05) is 164 Å². The van der Waals surface area contributed by atoms with Gasteiger partial charge in [0.2, 0.25) is 0 Å². The molecule has 0 saturated carbocycles. The molecule has 0 spiro atoms. The molecular weight excluding hydrogens is 555 g/mol. The maximum Gasteiger partial charge on any atom is 0.0540 e.